The van der Waals surface area contributed by atoms with Crippen molar-refractivity contribution in [1.29, 1.82) is 0 Å². The molecule has 0 aromatic heterocycles. The van der Waals surface area contributed by atoms with Crippen molar-refractivity contribution in [1.82, 2.24) is 4.90 Å². The summed E-state index contributed by atoms with van der Waals surface area (Å²) in [5.74, 6) is 0. The first-order chi connectivity index (χ1) is 5.25. The van der Waals surface area contributed by atoms with Crippen LogP contribution < -0.4 is 0 Å². The van der Waals surface area contributed by atoms with Crippen LogP contribution in [0.5, 0.6) is 0 Å². The maximum absolute atomic E-state index is 9.45. The smallest absolute Gasteiger partial charge is 0.350 e. The molecule has 0 amide bonds. The first-order valence-electron chi connectivity index (χ1n) is 3.62. The average Bonchev–Trinajstić information content (AvgIpc) is 2.03. The van der Waals surface area contributed by atoms with Gasteiger partial charge < -0.3 is 25.5 Å². The molecule has 0 spiro atoms. The van der Waals surface area contributed by atoms with Crippen LogP contribution in [-0.4, -0.2) is 48.5 Å². The summed E-state index contributed by atoms with van der Waals surface area (Å²) in [7, 11) is 0. The van der Waals surface area contributed by atoms with Crippen molar-refractivity contribution in [3.8, 4) is 0 Å². The summed E-state index contributed by atoms with van der Waals surface area (Å²) >= 11 is 0. The minimum atomic E-state index is -3.18. The standard InChI is InChI=1S/C6H13NO5/c1-5(9)3-2-4(8)7(5)6(10,11)12/h4,8-12H,2-3H2,1H3. The van der Waals surface area contributed by atoms with E-state index >= 15 is 0 Å². The van der Waals surface area contributed by atoms with E-state index in [1.165, 1.54) is 6.92 Å². The second-order valence-electron chi connectivity index (χ2n) is 3.21. The van der Waals surface area contributed by atoms with E-state index in [9.17, 15) is 5.11 Å². The van der Waals surface area contributed by atoms with Crippen molar-refractivity contribution in [3.63, 3.8) is 0 Å². The first-order valence-corrected chi connectivity index (χ1v) is 3.62. The SMILES string of the molecule is CC1(O)CCC(O)N1C(O)(O)O. The van der Waals surface area contributed by atoms with E-state index in [0.717, 1.165) is 0 Å². The van der Waals surface area contributed by atoms with Gasteiger partial charge in [-0.2, -0.15) is 4.90 Å². The van der Waals surface area contributed by atoms with Gasteiger partial charge >= 0.3 is 6.10 Å². The molecule has 1 rings (SSSR count). The van der Waals surface area contributed by atoms with Crippen molar-refractivity contribution < 1.29 is 25.5 Å². The van der Waals surface area contributed by atoms with E-state index < -0.39 is 18.0 Å². The van der Waals surface area contributed by atoms with Crippen LogP contribution in [0.3, 0.4) is 0 Å². The van der Waals surface area contributed by atoms with Crippen molar-refractivity contribution in [2.24, 2.45) is 0 Å². The Kier molecular flexibility index (Phi) is 2.15. The maximum Gasteiger partial charge on any atom is 0.350 e. The summed E-state index contributed by atoms with van der Waals surface area (Å²) in [5.41, 5.74) is -1.60. The Hall–Kier alpha value is -0.240. The third kappa shape index (κ3) is 1.58. The lowest BCUT2D eigenvalue weighted by Gasteiger charge is -2.37. The zero-order valence-corrected chi connectivity index (χ0v) is 6.67. The molecule has 1 heterocycles. The van der Waals surface area contributed by atoms with Gasteiger partial charge in [-0.25, -0.2) is 0 Å². The molecule has 0 bridgehead atoms. The molecule has 0 aromatic rings. The van der Waals surface area contributed by atoms with E-state index in [0.29, 0.717) is 4.90 Å². The Balaban J connectivity index is 2.86. The number of likely N-dealkylation sites (tertiary alicyclic amines) is 1. The van der Waals surface area contributed by atoms with Crippen LogP contribution in [0.4, 0.5) is 0 Å². The number of aliphatic hydroxyl groups is 5. The largest absolute Gasteiger partial charge is 0.378 e. The van der Waals surface area contributed by atoms with Gasteiger partial charge in [0, 0.05) is 0 Å². The highest BCUT2D eigenvalue weighted by atomic mass is 16.7. The predicted molar refractivity (Wildman–Crippen MR) is 37.1 cm³/mol. The number of rotatable bonds is 1. The lowest BCUT2D eigenvalue weighted by molar-refractivity contribution is -0.439. The fraction of sp³-hybridized carbons (Fsp3) is 1.00. The number of nitrogens with zero attached hydrogens (tertiary/aromatic N) is 1. The molecule has 1 fully saturated rings. The Labute approximate surface area is 69.3 Å². The number of hydrogen-bond donors (Lipinski definition) is 5. The molecule has 6 nitrogen and oxygen atoms in total. The molecule has 0 aromatic carbocycles. The molecule has 0 aliphatic carbocycles. The summed E-state index contributed by atoms with van der Waals surface area (Å²) < 4.78 is 0. The molecule has 12 heavy (non-hydrogen) atoms. The highest BCUT2D eigenvalue weighted by Gasteiger charge is 2.50. The van der Waals surface area contributed by atoms with Crippen LogP contribution in [0.25, 0.3) is 0 Å². The van der Waals surface area contributed by atoms with Gasteiger partial charge in [0.15, 0.2) is 0 Å². The van der Waals surface area contributed by atoms with Crippen molar-refractivity contribution in [3.05, 3.63) is 0 Å². The van der Waals surface area contributed by atoms with Gasteiger partial charge in [0.2, 0.25) is 0 Å². The minimum absolute atomic E-state index is 0.164. The second-order valence-corrected chi connectivity index (χ2v) is 3.21. The average molecular weight is 179 g/mol. The fourth-order valence-corrected chi connectivity index (χ4v) is 1.50. The molecular formula is C6H13NO5. The first kappa shape index (κ1) is 9.85. The van der Waals surface area contributed by atoms with Crippen molar-refractivity contribution in [2.75, 3.05) is 0 Å². The highest BCUT2D eigenvalue weighted by molar-refractivity contribution is 4.85. The van der Waals surface area contributed by atoms with Gasteiger partial charge in [-0.05, 0) is 19.8 Å². The van der Waals surface area contributed by atoms with Gasteiger partial charge in [-0.15, -0.1) is 0 Å². The lowest BCUT2D eigenvalue weighted by Crippen LogP contribution is -2.59. The monoisotopic (exact) mass is 179 g/mol. The zero-order valence-electron chi connectivity index (χ0n) is 6.67. The summed E-state index contributed by atoms with van der Waals surface area (Å²) in [6.07, 6.45) is -4.09. The molecule has 6 heteroatoms. The van der Waals surface area contributed by atoms with Gasteiger partial charge in [0.25, 0.3) is 0 Å². The van der Waals surface area contributed by atoms with E-state index in [-0.39, 0.29) is 12.8 Å². The Morgan fingerprint density at radius 2 is 1.92 bits per heavy atom. The molecule has 1 aliphatic rings. The van der Waals surface area contributed by atoms with Gasteiger partial charge in [0.05, 0.1) is 0 Å². The van der Waals surface area contributed by atoms with Gasteiger partial charge in [-0.3, -0.25) is 0 Å². The molecule has 5 N–H and O–H groups in total. The Morgan fingerprint density at radius 3 is 2.08 bits per heavy atom. The van der Waals surface area contributed by atoms with Crippen molar-refractivity contribution >= 4 is 0 Å². The lowest BCUT2D eigenvalue weighted by atomic mass is 10.2. The van der Waals surface area contributed by atoms with E-state index in [1.54, 1.807) is 0 Å². The van der Waals surface area contributed by atoms with E-state index in [1.807, 2.05) is 0 Å². The minimum Gasteiger partial charge on any atom is -0.378 e. The fourth-order valence-electron chi connectivity index (χ4n) is 1.50. The number of hydrogen-bond acceptors (Lipinski definition) is 6. The molecule has 0 saturated carbocycles. The van der Waals surface area contributed by atoms with Crippen LogP contribution in [0.2, 0.25) is 0 Å². The molecule has 2 atom stereocenters. The molecule has 72 valence electrons. The van der Waals surface area contributed by atoms with Crippen LogP contribution in [0.1, 0.15) is 19.8 Å². The second kappa shape index (κ2) is 2.63. The predicted octanol–water partition coefficient (Wildman–Crippen LogP) is -2.30. The van der Waals surface area contributed by atoms with Crippen LogP contribution in [0.15, 0.2) is 0 Å². The summed E-state index contributed by atoms with van der Waals surface area (Å²) in [4.78, 5) is 0.431. The summed E-state index contributed by atoms with van der Waals surface area (Å²) in [6.45, 7) is 1.28. The zero-order chi connectivity index (χ0) is 9.57. The molecule has 1 aliphatic heterocycles. The number of aliphatic hydroxyl groups excluding tert-OH is 1. The highest BCUT2D eigenvalue weighted by Crippen LogP contribution is 2.33. The van der Waals surface area contributed by atoms with E-state index in [2.05, 4.69) is 0 Å². The van der Waals surface area contributed by atoms with Crippen molar-refractivity contribution in [2.45, 2.75) is 37.8 Å². The Morgan fingerprint density at radius 1 is 1.42 bits per heavy atom. The maximum atomic E-state index is 9.45. The van der Waals surface area contributed by atoms with E-state index in [4.69, 9.17) is 20.4 Å². The molecule has 1 saturated heterocycles. The molecule has 0 radical (unpaired) electrons. The summed E-state index contributed by atoms with van der Waals surface area (Å²) in [6, 6.07) is 0. The van der Waals surface area contributed by atoms with Crippen LogP contribution in [-0.2, 0) is 0 Å². The quantitative estimate of drug-likeness (QED) is 0.290. The van der Waals surface area contributed by atoms with Gasteiger partial charge in [-0.1, -0.05) is 0 Å². The van der Waals surface area contributed by atoms with Crippen LogP contribution >= 0.6 is 0 Å². The third-order valence-corrected chi connectivity index (χ3v) is 2.02. The van der Waals surface area contributed by atoms with Crippen LogP contribution in [0, 0.1) is 0 Å². The molecular weight excluding hydrogens is 166 g/mol. The molecule has 2 unspecified atom stereocenters. The topological polar surface area (TPSA) is 104 Å². The third-order valence-electron chi connectivity index (χ3n) is 2.02. The normalized spacial score (nSPS) is 39.0. The Bertz CT molecular complexity index is 175. The van der Waals surface area contributed by atoms with Gasteiger partial charge in [0.1, 0.15) is 12.0 Å². The summed E-state index contributed by atoms with van der Waals surface area (Å²) in [5, 5.41) is 44.8.